The minimum Gasteiger partial charge on any atom is -0.402 e. The highest BCUT2D eigenvalue weighted by Crippen LogP contribution is 2.07. The first-order chi connectivity index (χ1) is 4.59. The van der Waals surface area contributed by atoms with Gasteiger partial charge in [0, 0.05) is 10.6 Å². The number of nitrogens with two attached hydrogens (primary N) is 2. The molecule has 0 bridgehead atoms. The fraction of sp³-hybridized carbons (Fsp3) is 0.714. The number of hydrogen-bond acceptors (Lipinski definition) is 3. The van der Waals surface area contributed by atoms with E-state index in [9.17, 15) is 0 Å². The van der Waals surface area contributed by atoms with Crippen molar-refractivity contribution in [2.24, 2.45) is 10.9 Å². The Labute approximate surface area is 68.2 Å². The summed E-state index contributed by atoms with van der Waals surface area (Å²) in [7, 11) is 0. The molecule has 0 fully saturated rings. The second kappa shape index (κ2) is 8.85. The molecule has 0 aromatic rings. The third-order valence-corrected chi connectivity index (χ3v) is 1.41. The maximum atomic E-state index is 5.33. The van der Waals surface area contributed by atoms with Gasteiger partial charge in [-0.15, -0.1) is 0 Å². The lowest BCUT2D eigenvalue weighted by Crippen LogP contribution is -1.94. The molecule has 0 aromatic heterocycles. The van der Waals surface area contributed by atoms with Crippen LogP contribution in [0.25, 0.3) is 0 Å². The van der Waals surface area contributed by atoms with Crippen molar-refractivity contribution in [3.63, 3.8) is 0 Å². The molecule has 0 spiro atoms. The third kappa shape index (κ3) is 10.8. The van der Waals surface area contributed by atoms with Crippen molar-refractivity contribution in [1.82, 2.24) is 0 Å². The smallest absolute Gasteiger partial charge is 0.0156 e. The molecule has 0 radical (unpaired) electrons. The van der Waals surface area contributed by atoms with Gasteiger partial charge in [0.05, 0.1) is 0 Å². The van der Waals surface area contributed by atoms with Crippen LogP contribution in [0.5, 0.6) is 0 Å². The van der Waals surface area contributed by atoms with Crippen LogP contribution >= 0.6 is 11.9 Å². The maximum Gasteiger partial charge on any atom is 0.0156 e. The zero-order valence-electron chi connectivity index (χ0n) is 7.27. The summed E-state index contributed by atoms with van der Waals surface area (Å²) in [4.78, 5) is 0.986. The quantitative estimate of drug-likeness (QED) is 0.581. The molecule has 62 valence electrons. The lowest BCUT2D eigenvalue weighted by Gasteiger charge is -1.93. The van der Waals surface area contributed by atoms with Crippen LogP contribution in [0.3, 0.4) is 0 Å². The molecule has 0 atom stereocenters. The van der Waals surface area contributed by atoms with Crippen LogP contribution in [-0.2, 0) is 0 Å². The largest absolute Gasteiger partial charge is 0.402 e. The average molecular weight is 162 g/mol. The van der Waals surface area contributed by atoms with Gasteiger partial charge >= 0.3 is 0 Å². The van der Waals surface area contributed by atoms with Crippen molar-refractivity contribution >= 4 is 11.9 Å². The molecule has 2 nitrogen and oxygen atoms in total. The van der Waals surface area contributed by atoms with Crippen molar-refractivity contribution in [1.29, 1.82) is 0 Å². The Balaban J connectivity index is 0. The number of hydrogen-bond donors (Lipinski definition) is 2. The Morgan fingerprint density at radius 1 is 1.30 bits per heavy atom. The van der Waals surface area contributed by atoms with E-state index in [2.05, 4.69) is 13.8 Å². The molecule has 3 heteroatoms. The van der Waals surface area contributed by atoms with Gasteiger partial charge in [0.15, 0.2) is 0 Å². The average Bonchev–Trinajstić information content (AvgIpc) is 1.88. The molecule has 4 N–H and O–H groups in total. The molecular formula is C7H18N2S. The first-order valence-electron chi connectivity index (χ1n) is 3.39. The Morgan fingerprint density at radius 3 is 1.60 bits per heavy atom. The predicted octanol–water partition coefficient (Wildman–Crippen LogP) is 2.22. The fourth-order valence-corrected chi connectivity index (χ4v) is 0.279. The van der Waals surface area contributed by atoms with Gasteiger partial charge in [0.2, 0.25) is 0 Å². The van der Waals surface area contributed by atoms with Gasteiger partial charge in [-0.2, -0.15) is 0 Å². The van der Waals surface area contributed by atoms with Crippen molar-refractivity contribution in [3.8, 4) is 0 Å². The highest BCUT2D eigenvalue weighted by molar-refractivity contribution is 8.00. The van der Waals surface area contributed by atoms with Crippen LogP contribution in [0, 0.1) is 0 Å². The van der Waals surface area contributed by atoms with Crippen LogP contribution in [0.4, 0.5) is 0 Å². The minimum absolute atomic E-state index is 0.799. The summed E-state index contributed by atoms with van der Waals surface area (Å²) >= 11 is 1.19. The van der Waals surface area contributed by atoms with Crippen LogP contribution < -0.4 is 10.9 Å². The van der Waals surface area contributed by atoms with Crippen molar-refractivity contribution in [3.05, 3.63) is 10.6 Å². The monoisotopic (exact) mass is 162 g/mol. The summed E-state index contributed by atoms with van der Waals surface area (Å²) < 4.78 is 0. The van der Waals surface area contributed by atoms with E-state index in [1.54, 1.807) is 0 Å². The molecule has 0 amide bonds. The van der Waals surface area contributed by atoms with E-state index in [0.29, 0.717) is 0 Å². The standard InChI is InChI=1S/C4H10N2S.C3H8/c1-3(5)4(2)7-6;1-3-2/h5-6H2,1-2H3;3H2,1-2H3/b4-3-;. The van der Waals surface area contributed by atoms with Gasteiger partial charge in [-0.05, 0) is 13.8 Å². The van der Waals surface area contributed by atoms with Crippen LogP contribution in [0.2, 0.25) is 0 Å². The Kier molecular flexibility index (Phi) is 11.1. The normalized spacial score (nSPS) is 11.3. The molecule has 0 aliphatic rings. The van der Waals surface area contributed by atoms with E-state index in [4.69, 9.17) is 10.9 Å². The summed E-state index contributed by atoms with van der Waals surface area (Å²) in [5, 5.41) is 5.15. The van der Waals surface area contributed by atoms with E-state index in [1.165, 1.54) is 18.4 Å². The third-order valence-electron chi connectivity index (χ3n) is 0.732. The molecule has 10 heavy (non-hydrogen) atoms. The molecule has 0 saturated carbocycles. The highest BCUT2D eigenvalue weighted by Gasteiger charge is 1.85. The lowest BCUT2D eigenvalue weighted by molar-refractivity contribution is 1.09. The summed E-state index contributed by atoms with van der Waals surface area (Å²) in [6.07, 6.45) is 1.25. The van der Waals surface area contributed by atoms with Gasteiger partial charge in [-0.25, -0.2) is 0 Å². The van der Waals surface area contributed by atoms with E-state index in [0.717, 1.165) is 10.6 Å². The molecule has 0 aliphatic heterocycles. The van der Waals surface area contributed by atoms with E-state index >= 15 is 0 Å². The molecule has 0 rings (SSSR count). The molecule has 0 aliphatic carbocycles. The predicted molar refractivity (Wildman–Crippen MR) is 50.3 cm³/mol. The van der Waals surface area contributed by atoms with Crippen LogP contribution in [0.15, 0.2) is 10.6 Å². The molecular weight excluding hydrogens is 144 g/mol. The lowest BCUT2D eigenvalue weighted by atomic mass is 10.5. The Bertz CT molecular complexity index is 95.8. The fourth-order valence-electron chi connectivity index (χ4n) is 0.0929. The SMILES string of the molecule is C/C(N)=C(\C)SN.CCC. The van der Waals surface area contributed by atoms with Crippen LogP contribution in [0.1, 0.15) is 34.1 Å². The second-order valence-corrected chi connectivity index (χ2v) is 2.91. The van der Waals surface area contributed by atoms with Gasteiger partial charge in [-0.1, -0.05) is 32.2 Å². The zero-order valence-corrected chi connectivity index (χ0v) is 8.09. The van der Waals surface area contributed by atoms with Gasteiger partial charge in [0.1, 0.15) is 0 Å². The van der Waals surface area contributed by atoms with Crippen molar-refractivity contribution in [2.45, 2.75) is 34.1 Å². The Morgan fingerprint density at radius 2 is 1.60 bits per heavy atom. The highest BCUT2D eigenvalue weighted by atomic mass is 32.2. The minimum atomic E-state index is 0.799. The number of rotatable bonds is 1. The van der Waals surface area contributed by atoms with E-state index in [-0.39, 0.29) is 0 Å². The summed E-state index contributed by atoms with van der Waals surface area (Å²) in [6.45, 7) is 7.97. The van der Waals surface area contributed by atoms with Crippen LogP contribution in [-0.4, -0.2) is 0 Å². The van der Waals surface area contributed by atoms with Gasteiger partial charge < -0.3 is 5.73 Å². The van der Waals surface area contributed by atoms with E-state index in [1.807, 2.05) is 13.8 Å². The summed E-state index contributed by atoms with van der Waals surface area (Å²) in [6, 6.07) is 0. The summed E-state index contributed by atoms with van der Waals surface area (Å²) in [5.41, 5.74) is 6.12. The topological polar surface area (TPSA) is 52.0 Å². The van der Waals surface area contributed by atoms with Crippen molar-refractivity contribution < 1.29 is 0 Å². The molecule has 0 heterocycles. The van der Waals surface area contributed by atoms with E-state index < -0.39 is 0 Å². The molecule has 0 saturated heterocycles. The zero-order chi connectivity index (χ0) is 8.57. The Hall–Kier alpha value is -0.150. The first kappa shape index (κ1) is 12.5. The van der Waals surface area contributed by atoms with Gasteiger partial charge in [0.25, 0.3) is 0 Å². The first-order valence-corrected chi connectivity index (χ1v) is 4.27. The molecule has 0 unspecified atom stereocenters. The summed E-state index contributed by atoms with van der Waals surface area (Å²) in [5.74, 6) is 0. The second-order valence-electron chi connectivity index (χ2n) is 2.06. The van der Waals surface area contributed by atoms with Crippen molar-refractivity contribution in [2.75, 3.05) is 0 Å². The molecule has 0 aromatic carbocycles. The maximum absolute atomic E-state index is 5.33. The van der Waals surface area contributed by atoms with Gasteiger partial charge in [-0.3, -0.25) is 5.14 Å². The number of allylic oxidation sites excluding steroid dienone is 2.